The summed E-state index contributed by atoms with van der Waals surface area (Å²) in [5.41, 5.74) is 1.94. The SMILES string of the molecule is COc1cnc(-c2nc[c-]s2)c2[nH]cc(C(=O)C(=O)N3CCN(C(=O)c4ccccc4)CC3)c12.C[CH-]C.[Y]. The number of aromatic nitrogens is 3. The van der Waals surface area contributed by atoms with E-state index in [4.69, 9.17) is 4.74 Å². The Balaban J connectivity index is 0.000000956. The molecule has 195 valence electrons. The fourth-order valence-corrected chi connectivity index (χ4v) is 4.63. The summed E-state index contributed by atoms with van der Waals surface area (Å²) < 4.78 is 5.43. The van der Waals surface area contributed by atoms with Gasteiger partial charge in [-0.2, -0.15) is 19.2 Å². The Hall–Kier alpha value is -2.95. The Morgan fingerprint density at radius 2 is 1.71 bits per heavy atom. The quantitative estimate of drug-likeness (QED) is 0.210. The zero-order valence-corrected chi connectivity index (χ0v) is 25.1. The van der Waals surface area contributed by atoms with Crippen molar-refractivity contribution in [1.82, 2.24) is 24.8 Å². The van der Waals surface area contributed by atoms with Crippen LogP contribution in [0.15, 0.2) is 48.9 Å². The minimum Gasteiger partial charge on any atom is -0.494 e. The molecule has 1 aliphatic heterocycles. The van der Waals surface area contributed by atoms with E-state index in [1.807, 2.05) is 38.5 Å². The second-order valence-electron chi connectivity index (χ2n) is 8.27. The van der Waals surface area contributed by atoms with Crippen molar-refractivity contribution in [3.05, 3.63) is 71.9 Å². The van der Waals surface area contributed by atoms with Crippen LogP contribution in [0.2, 0.25) is 0 Å². The molecule has 0 spiro atoms. The molecule has 1 fully saturated rings. The zero-order chi connectivity index (χ0) is 26.4. The molecule has 5 rings (SSSR count). The number of methoxy groups -OCH3 is 1. The van der Waals surface area contributed by atoms with Gasteiger partial charge in [-0.1, -0.05) is 24.4 Å². The zero-order valence-electron chi connectivity index (χ0n) is 21.4. The van der Waals surface area contributed by atoms with Crippen molar-refractivity contribution < 1.29 is 51.8 Å². The minimum atomic E-state index is -0.643. The summed E-state index contributed by atoms with van der Waals surface area (Å²) in [4.78, 5) is 53.9. The van der Waals surface area contributed by atoms with Crippen LogP contribution in [-0.2, 0) is 37.5 Å². The number of aromatic amines is 1. The molecule has 4 aromatic rings. The number of ether oxygens (including phenoxy) is 1. The molecule has 0 unspecified atom stereocenters. The molecule has 0 bridgehead atoms. The number of piperazine rings is 1. The van der Waals surface area contributed by atoms with Gasteiger partial charge in [0.1, 0.15) is 5.75 Å². The number of rotatable bonds is 5. The summed E-state index contributed by atoms with van der Waals surface area (Å²) >= 11 is 1.30. The fourth-order valence-electron chi connectivity index (χ4n) is 4.05. The summed E-state index contributed by atoms with van der Waals surface area (Å²) in [5.74, 6) is -0.958. The number of benzene rings is 1. The number of carbonyl (C=O) groups is 3. The molecule has 4 heterocycles. The van der Waals surface area contributed by atoms with Crippen LogP contribution in [0, 0.1) is 11.8 Å². The van der Waals surface area contributed by atoms with Crippen molar-refractivity contribution in [3.63, 3.8) is 0 Å². The minimum absolute atomic E-state index is 0. The van der Waals surface area contributed by atoms with Gasteiger partial charge in [0.25, 0.3) is 17.6 Å². The number of pyridine rings is 1. The average Bonchev–Trinajstić information content (AvgIpc) is 3.63. The van der Waals surface area contributed by atoms with E-state index >= 15 is 0 Å². The first kappa shape index (κ1) is 29.6. The smallest absolute Gasteiger partial charge is 0.295 e. The van der Waals surface area contributed by atoms with E-state index in [-0.39, 0.29) is 57.3 Å². The van der Waals surface area contributed by atoms with Crippen LogP contribution in [-0.4, -0.2) is 75.6 Å². The van der Waals surface area contributed by atoms with E-state index in [9.17, 15) is 14.4 Å². The Labute approximate surface area is 250 Å². The molecule has 38 heavy (non-hydrogen) atoms. The van der Waals surface area contributed by atoms with Gasteiger partial charge in [0, 0.05) is 76.3 Å². The van der Waals surface area contributed by atoms with Gasteiger partial charge in [0.15, 0.2) is 0 Å². The third-order valence-electron chi connectivity index (χ3n) is 5.80. The molecule has 2 amide bonds. The van der Waals surface area contributed by atoms with E-state index in [2.05, 4.69) is 20.3 Å². The van der Waals surface area contributed by atoms with Gasteiger partial charge < -0.3 is 42.3 Å². The van der Waals surface area contributed by atoms with Crippen LogP contribution in [0.5, 0.6) is 5.75 Å². The van der Waals surface area contributed by atoms with Gasteiger partial charge in [-0.25, -0.2) is 0 Å². The molecule has 3 aromatic heterocycles. The largest absolute Gasteiger partial charge is 0.494 e. The molecule has 0 atom stereocenters. The molecule has 1 aromatic carbocycles. The molecule has 0 aliphatic carbocycles. The van der Waals surface area contributed by atoms with Gasteiger partial charge in [-0.15, -0.1) is 0 Å². The number of hydrogen-bond donors (Lipinski definition) is 1. The summed E-state index contributed by atoms with van der Waals surface area (Å²) in [7, 11) is 1.49. The Morgan fingerprint density at radius 1 is 1.05 bits per heavy atom. The topological polar surface area (TPSA) is 108 Å². The van der Waals surface area contributed by atoms with E-state index < -0.39 is 11.7 Å². The number of ketones is 1. The first-order valence-corrected chi connectivity index (χ1v) is 12.6. The predicted molar refractivity (Wildman–Crippen MR) is 141 cm³/mol. The van der Waals surface area contributed by atoms with Crippen LogP contribution >= 0.6 is 11.3 Å². The second-order valence-corrected chi connectivity index (χ2v) is 9.09. The van der Waals surface area contributed by atoms with E-state index in [1.54, 1.807) is 23.2 Å². The molecular formula is C27H27N5O4SY-2. The Kier molecular flexibility index (Phi) is 10.7. The molecule has 1 N–H and O–H groups in total. The number of nitrogens with one attached hydrogen (secondary N) is 1. The average molecular weight is 607 g/mol. The molecule has 0 saturated carbocycles. The number of thiazole rings is 1. The maximum absolute atomic E-state index is 13.2. The molecular weight excluding hydrogens is 579 g/mol. The van der Waals surface area contributed by atoms with Crippen molar-refractivity contribution in [2.45, 2.75) is 13.8 Å². The van der Waals surface area contributed by atoms with Crippen LogP contribution in [0.3, 0.4) is 0 Å². The van der Waals surface area contributed by atoms with Crippen molar-refractivity contribution in [2.75, 3.05) is 33.3 Å². The Bertz CT molecular complexity index is 1380. The van der Waals surface area contributed by atoms with Crippen molar-refractivity contribution in [1.29, 1.82) is 0 Å². The van der Waals surface area contributed by atoms with Gasteiger partial charge in [-0.05, 0) is 17.1 Å². The number of H-pyrrole nitrogens is 1. The van der Waals surface area contributed by atoms with Crippen molar-refractivity contribution >= 4 is 39.8 Å². The maximum atomic E-state index is 13.2. The molecule has 1 aliphatic rings. The maximum Gasteiger partial charge on any atom is 0.295 e. The van der Waals surface area contributed by atoms with E-state index in [0.717, 1.165) is 0 Å². The number of carbonyl (C=O) groups excluding carboxylic acids is 3. The van der Waals surface area contributed by atoms with E-state index in [1.165, 1.54) is 35.7 Å². The molecule has 1 radical (unpaired) electrons. The van der Waals surface area contributed by atoms with Gasteiger partial charge in [-0.3, -0.25) is 19.4 Å². The standard InChI is InChI=1S/C24H20N5O4S.C3H7.Y/c1-33-17-14-27-20(22-25-7-12-34-22)19-18(17)16(13-26-19)21(30)24(32)29-10-8-28(9-11-29)23(31)15-5-3-2-4-6-15;1-3-2;/h2-7,13-14,26H,8-11H2,1H3;3H,1-2H3;/q2*-1;. The third-order valence-corrected chi connectivity index (χ3v) is 6.52. The molecule has 11 heteroatoms. The van der Waals surface area contributed by atoms with E-state index in [0.29, 0.717) is 46.0 Å². The predicted octanol–water partition coefficient (Wildman–Crippen LogP) is 3.89. The molecule has 1 saturated heterocycles. The third kappa shape index (κ3) is 6.19. The summed E-state index contributed by atoms with van der Waals surface area (Å²) in [6, 6.07) is 9.01. The number of nitrogens with zero attached hydrogens (tertiary/aromatic N) is 4. The first-order chi connectivity index (χ1) is 18.0. The summed E-state index contributed by atoms with van der Waals surface area (Å²) in [6.07, 6.45) is 6.58. The summed E-state index contributed by atoms with van der Waals surface area (Å²) in [5, 5.41) is 4.05. The molecule has 9 nitrogen and oxygen atoms in total. The number of amides is 2. The van der Waals surface area contributed by atoms with Gasteiger partial charge in [0.2, 0.25) is 0 Å². The van der Waals surface area contributed by atoms with Crippen molar-refractivity contribution in [3.8, 4) is 16.5 Å². The second kappa shape index (κ2) is 13.7. The van der Waals surface area contributed by atoms with Gasteiger partial charge in [0.05, 0.1) is 29.8 Å². The Morgan fingerprint density at radius 3 is 2.32 bits per heavy atom. The monoisotopic (exact) mass is 606 g/mol. The first-order valence-electron chi connectivity index (χ1n) is 11.8. The van der Waals surface area contributed by atoms with Crippen LogP contribution in [0.25, 0.3) is 21.6 Å². The van der Waals surface area contributed by atoms with Crippen LogP contribution < -0.4 is 4.74 Å². The van der Waals surface area contributed by atoms with Gasteiger partial charge >= 0.3 is 0 Å². The van der Waals surface area contributed by atoms with Crippen LogP contribution in [0.1, 0.15) is 34.6 Å². The summed E-state index contributed by atoms with van der Waals surface area (Å²) in [6.45, 7) is 5.28. The number of Topliss-reactive ketones (excluding diaryl/α,β-unsaturated/α-hetero) is 1. The van der Waals surface area contributed by atoms with Crippen LogP contribution in [0.4, 0.5) is 0 Å². The van der Waals surface area contributed by atoms with Crippen molar-refractivity contribution in [2.24, 2.45) is 0 Å². The normalized spacial score (nSPS) is 12.8. The fraction of sp³-hybridized carbons (Fsp3) is 0.259. The number of hydrogen-bond acceptors (Lipinski definition) is 7. The number of fused-ring (bicyclic) bond motifs is 1.